The van der Waals surface area contributed by atoms with Crippen molar-refractivity contribution in [3.05, 3.63) is 0 Å². The van der Waals surface area contributed by atoms with Crippen LogP contribution in [0.25, 0.3) is 0 Å². The highest BCUT2D eigenvalue weighted by Crippen LogP contribution is 2.06. The van der Waals surface area contributed by atoms with Gasteiger partial charge in [0, 0.05) is 27.4 Å². The Morgan fingerprint density at radius 2 is 1.62 bits per heavy atom. The van der Waals surface area contributed by atoms with E-state index in [1.54, 1.807) is 14.2 Å². The summed E-state index contributed by atoms with van der Waals surface area (Å²) in [5.74, 6) is 0. The fourth-order valence-corrected chi connectivity index (χ4v) is 2.16. The minimum Gasteiger partial charge on any atom is -0.377 e. The molecular weight excluding hydrogens is 222 g/mol. The van der Waals surface area contributed by atoms with E-state index in [4.69, 9.17) is 13.3 Å². The van der Waals surface area contributed by atoms with Crippen LogP contribution in [0.2, 0.25) is 6.55 Å². The van der Waals surface area contributed by atoms with Gasteiger partial charge >= 0.3 is 8.80 Å². The number of rotatable bonds is 11. The standard InChI is InChI=1S/C11H27NO3Si/c1-5-6-9-12-10-7-8-11-15-16(4,13-2)14-3/h12H,5-11H2,1-4H3. The first-order chi connectivity index (χ1) is 7.68. The lowest BCUT2D eigenvalue weighted by molar-refractivity contribution is 0.104. The Labute approximate surface area is 101 Å². The van der Waals surface area contributed by atoms with Crippen molar-refractivity contribution in [3.8, 4) is 0 Å². The summed E-state index contributed by atoms with van der Waals surface area (Å²) in [5, 5.41) is 3.41. The van der Waals surface area contributed by atoms with Crippen molar-refractivity contribution in [2.45, 2.75) is 39.2 Å². The predicted molar refractivity (Wildman–Crippen MR) is 68.6 cm³/mol. The lowest BCUT2D eigenvalue weighted by Gasteiger charge is -2.21. The van der Waals surface area contributed by atoms with E-state index < -0.39 is 8.80 Å². The van der Waals surface area contributed by atoms with Crippen LogP contribution in [-0.2, 0) is 13.3 Å². The minimum atomic E-state index is -2.30. The van der Waals surface area contributed by atoms with Gasteiger partial charge in [-0.15, -0.1) is 0 Å². The highest BCUT2D eigenvalue weighted by atomic mass is 28.4. The zero-order chi connectivity index (χ0) is 12.3. The molecule has 0 rings (SSSR count). The van der Waals surface area contributed by atoms with Crippen LogP contribution >= 0.6 is 0 Å². The summed E-state index contributed by atoms with van der Waals surface area (Å²) < 4.78 is 16.1. The molecule has 0 atom stereocenters. The molecule has 4 nitrogen and oxygen atoms in total. The molecule has 0 aromatic heterocycles. The minimum absolute atomic E-state index is 0.722. The van der Waals surface area contributed by atoms with Crippen LogP contribution in [0.3, 0.4) is 0 Å². The van der Waals surface area contributed by atoms with Crippen LogP contribution in [0.4, 0.5) is 0 Å². The molecule has 0 saturated heterocycles. The molecule has 98 valence electrons. The molecule has 0 aromatic carbocycles. The van der Waals surface area contributed by atoms with Gasteiger partial charge in [-0.05, 0) is 32.4 Å². The zero-order valence-electron chi connectivity index (χ0n) is 11.2. The summed E-state index contributed by atoms with van der Waals surface area (Å²) in [4.78, 5) is 0. The van der Waals surface area contributed by atoms with Gasteiger partial charge < -0.3 is 18.6 Å². The summed E-state index contributed by atoms with van der Waals surface area (Å²) in [6, 6.07) is 0. The van der Waals surface area contributed by atoms with E-state index in [-0.39, 0.29) is 0 Å². The van der Waals surface area contributed by atoms with Gasteiger partial charge in [-0.3, -0.25) is 0 Å². The monoisotopic (exact) mass is 249 g/mol. The molecule has 16 heavy (non-hydrogen) atoms. The number of hydrogen-bond acceptors (Lipinski definition) is 4. The molecule has 0 bridgehead atoms. The lowest BCUT2D eigenvalue weighted by atomic mass is 10.3. The number of nitrogens with one attached hydrogen (secondary N) is 1. The second-order valence-corrected chi connectivity index (χ2v) is 6.76. The Morgan fingerprint density at radius 1 is 1.00 bits per heavy atom. The summed E-state index contributed by atoms with van der Waals surface area (Å²) in [5.41, 5.74) is 0. The Bertz CT molecular complexity index is 154. The van der Waals surface area contributed by atoms with E-state index in [1.165, 1.54) is 12.8 Å². The Hall–Kier alpha value is 0.0569. The van der Waals surface area contributed by atoms with Gasteiger partial charge in [-0.1, -0.05) is 13.3 Å². The maximum atomic E-state index is 5.62. The van der Waals surface area contributed by atoms with Gasteiger partial charge in [0.15, 0.2) is 0 Å². The van der Waals surface area contributed by atoms with Crippen LogP contribution in [0.1, 0.15) is 32.6 Å². The van der Waals surface area contributed by atoms with Crippen molar-refractivity contribution in [3.63, 3.8) is 0 Å². The third-order valence-electron chi connectivity index (χ3n) is 2.56. The van der Waals surface area contributed by atoms with Crippen LogP contribution in [-0.4, -0.2) is 42.7 Å². The van der Waals surface area contributed by atoms with Crippen molar-refractivity contribution in [1.29, 1.82) is 0 Å². The van der Waals surface area contributed by atoms with E-state index >= 15 is 0 Å². The first kappa shape index (κ1) is 16.1. The van der Waals surface area contributed by atoms with E-state index in [2.05, 4.69) is 12.2 Å². The topological polar surface area (TPSA) is 39.7 Å². The molecule has 5 heteroatoms. The van der Waals surface area contributed by atoms with Crippen LogP contribution in [0.15, 0.2) is 0 Å². The van der Waals surface area contributed by atoms with Gasteiger partial charge in [0.2, 0.25) is 0 Å². The maximum absolute atomic E-state index is 5.62. The van der Waals surface area contributed by atoms with Gasteiger partial charge in [0.1, 0.15) is 0 Å². The van der Waals surface area contributed by atoms with Crippen LogP contribution in [0.5, 0.6) is 0 Å². The first-order valence-electron chi connectivity index (χ1n) is 6.13. The maximum Gasteiger partial charge on any atom is 0.497 e. The Kier molecular flexibility index (Phi) is 10.3. The van der Waals surface area contributed by atoms with Crippen LogP contribution in [0, 0.1) is 0 Å². The van der Waals surface area contributed by atoms with Crippen molar-refractivity contribution in [2.24, 2.45) is 0 Å². The van der Waals surface area contributed by atoms with Crippen molar-refractivity contribution in [1.82, 2.24) is 5.32 Å². The molecule has 0 radical (unpaired) electrons. The SMILES string of the molecule is CCCCNCCCCO[Si](C)(OC)OC. The van der Waals surface area contributed by atoms with Gasteiger partial charge in [-0.2, -0.15) is 0 Å². The molecule has 0 fully saturated rings. The average Bonchev–Trinajstić information content (AvgIpc) is 2.32. The molecule has 1 N–H and O–H groups in total. The predicted octanol–water partition coefficient (Wildman–Crippen LogP) is 2.03. The summed E-state index contributed by atoms with van der Waals surface area (Å²) in [7, 11) is 0.983. The fourth-order valence-electron chi connectivity index (χ4n) is 1.24. The number of hydrogen-bond donors (Lipinski definition) is 1. The first-order valence-corrected chi connectivity index (χ1v) is 8.36. The van der Waals surface area contributed by atoms with Crippen molar-refractivity contribution >= 4 is 8.80 Å². The summed E-state index contributed by atoms with van der Waals surface area (Å²) in [6.45, 7) is 7.03. The second-order valence-electron chi connectivity index (χ2n) is 3.93. The Balaban J connectivity index is 3.26. The molecule has 0 aliphatic heterocycles. The summed E-state index contributed by atoms with van der Waals surface area (Å²) in [6.07, 6.45) is 4.70. The molecule has 0 heterocycles. The molecule has 0 saturated carbocycles. The highest BCUT2D eigenvalue weighted by molar-refractivity contribution is 6.59. The molecule has 0 aromatic rings. The molecular formula is C11H27NO3Si. The van der Waals surface area contributed by atoms with Gasteiger partial charge in [-0.25, -0.2) is 0 Å². The normalized spacial score (nSPS) is 12.0. The van der Waals surface area contributed by atoms with E-state index in [9.17, 15) is 0 Å². The third-order valence-corrected chi connectivity index (χ3v) is 4.77. The lowest BCUT2D eigenvalue weighted by Crippen LogP contribution is -2.40. The van der Waals surface area contributed by atoms with Crippen LogP contribution < -0.4 is 5.32 Å². The fraction of sp³-hybridized carbons (Fsp3) is 1.00. The largest absolute Gasteiger partial charge is 0.497 e. The van der Waals surface area contributed by atoms with E-state index in [0.717, 1.165) is 32.5 Å². The highest BCUT2D eigenvalue weighted by Gasteiger charge is 2.31. The molecule has 0 unspecified atom stereocenters. The van der Waals surface area contributed by atoms with E-state index in [0.29, 0.717) is 0 Å². The average molecular weight is 249 g/mol. The third kappa shape index (κ3) is 8.24. The molecule has 0 spiro atoms. The molecule has 0 aliphatic rings. The molecule has 0 aliphatic carbocycles. The summed E-state index contributed by atoms with van der Waals surface area (Å²) >= 11 is 0. The van der Waals surface area contributed by atoms with Gasteiger partial charge in [0.25, 0.3) is 0 Å². The van der Waals surface area contributed by atoms with Gasteiger partial charge in [0.05, 0.1) is 0 Å². The van der Waals surface area contributed by atoms with Crippen molar-refractivity contribution in [2.75, 3.05) is 33.9 Å². The Morgan fingerprint density at radius 3 is 2.19 bits per heavy atom. The number of unbranched alkanes of at least 4 members (excludes halogenated alkanes) is 2. The molecule has 0 amide bonds. The quantitative estimate of drug-likeness (QED) is 0.449. The zero-order valence-corrected chi connectivity index (χ0v) is 12.2. The second kappa shape index (κ2) is 10.2. The van der Waals surface area contributed by atoms with Crippen molar-refractivity contribution < 1.29 is 13.3 Å². The smallest absolute Gasteiger partial charge is 0.377 e. The van der Waals surface area contributed by atoms with E-state index in [1.807, 2.05) is 6.55 Å².